The fourth-order valence-electron chi connectivity index (χ4n) is 4.78. The Morgan fingerprint density at radius 2 is 1.97 bits per heavy atom. The fourth-order valence-corrected chi connectivity index (χ4v) is 5.01. The van der Waals surface area contributed by atoms with Crippen molar-refractivity contribution in [2.75, 3.05) is 19.7 Å². The molecule has 0 spiro atoms. The summed E-state index contributed by atoms with van der Waals surface area (Å²) in [7, 11) is 0. The molecule has 31 heavy (non-hydrogen) atoms. The van der Waals surface area contributed by atoms with Gasteiger partial charge >= 0.3 is 6.09 Å². The molecule has 1 aliphatic carbocycles. The molecule has 1 saturated carbocycles. The molecule has 1 atom stereocenters. The molecule has 1 heterocycles. The maximum Gasteiger partial charge on any atom is 0.409 e. The smallest absolute Gasteiger partial charge is 0.409 e. The molecule has 1 aliphatic heterocycles. The molecule has 0 bridgehead atoms. The van der Waals surface area contributed by atoms with E-state index >= 15 is 0 Å². The first-order valence-corrected chi connectivity index (χ1v) is 12.1. The topological polar surface area (TPSA) is 53.3 Å². The zero-order valence-electron chi connectivity index (χ0n) is 18.9. The first-order chi connectivity index (χ1) is 14.9. The number of nitrogens with zero attached hydrogens (tertiary/aromatic N) is 2. The molecular weight excluding hydrogens is 408 g/mol. The molecule has 0 aromatic heterocycles. The molecule has 1 aromatic carbocycles. The highest BCUT2D eigenvalue weighted by atomic mass is 35.5. The van der Waals surface area contributed by atoms with E-state index in [-0.39, 0.29) is 6.09 Å². The summed E-state index contributed by atoms with van der Waals surface area (Å²) in [6, 6.07) is 7.81. The van der Waals surface area contributed by atoms with Crippen LogP contribution in [-0.2, 0) is 4.74 Å². The van der Waals surface area contributed by atoms with Gasteiger partial charge in [-0.2, -0.15) is 5.26 Å². The molecule has 2 aliphatic rings. The largest absolute Gasteiger partial charge is 0.449 e. The third kappa shape index (κ3) is 7.28. The highest BCUT2D eigenvalue weighted by molar-refractivity contribution is 6.31. The average molecular weight is 443 g/mol. The van der Waals surface area contributed by atoms with E-state index in [0.717, 1.165) is 43.8 Å². The Hall–Kier alpha value is -1.99. The summed E-state index contributed by atoms with van der Waals surface area (Å²) in [5, 5.41) is 9.65. The van der Waals surface area contributed by atoms with Gasteiger partial charge in [-0.05, 0) is 54.7 Å². The Morgan fingerprint density at radius 1 is 1.23 bits per heavy atom. The van der Waals surface area contributed by atoms with Crippen LogP contribution < -0.4 is 0 Å². The molecule has 2 fully saturated rings. The van der Waals surface area contributed by atoms with Crippen LogP contribution in [-0.4, -0.2) is 30.7 Å². The van der Waals surface area contributed by atoms with E-state index < -0.39 is 0 Å². The van der Waals surface area contributed by atoms with Gasteiger partial charge in [0.2, 0.25) is 0 Å². The van der Waals surface area contributed by atoms with E-state index in [1.807, 2.05) is 17.0 Å². The molecule has 0 radical (unpaired) electrons. The molecule has 1 saturated heterocycles. The normalized spacial score (nSPS) is 20.2. The minimum absolute atomic E-state index is 0.173. The van der Waals surface area contributed by atoms with E-state index in [2.05, 4.69) is 26.0 Å². The quantitative estimate of drug-likeness (QED) is 0.453. The minimum Gasteiger partial charge on any atom is -0.449 e. The number of benzene rings is 1. The van der Waals surface area contributed by atoms with Gasteiger partial charge in [0, 0.05) is 13.1 Å². The van der Waals surface area contributed by atoms with Gasteiger partial charge in [-0.1, -0.05) is 75.3 Å². The van der Waals surface area contributed by atoms with Gasteiger partial charge in [-0.3, -0.25) is 0 Å². The predicted molar refractivity (Wildman–Crippen MR) is 126 cm³/mol. The third-order valence-corrected chi connectivity index (χ3v) is 6.71. The summed E-state index contributed by atoms with van der Waals surface area (Å²) in [5.74, 6) is 1.57. The summed E-state index contributed by atoms with van der Waals surface area (Å²) in [4.78, 5) is 14.2. The summed E-state index contributed by atoms with van der Waals surface area (Å²) in [6.07, 6.45) is 11.9. The molecule has 5 heteroatoms. The van der Waals surface area contributed by atoms with Crippen LogP contribution in [0.3, 0.4) is 0 Å². The van der Waals surface area contributed by atoms with Crippen LogP contribution in [0, 0.1) is 29.1 Å². The van der Waals surface area contributed by atoms with Gasteiger partial charge < -0.3 is 9.64 Å². The standard InChI is InChI=1S/C26H35ClN2O2/c1-19(2)18-31-26(30)29-11-10-22(17-29)14-23(12-20-6-4-3-5-7-20)13-21-8-9-24(16-28)25(27)15-21/h8-9,13,15,19-20,22H,3-7,10-12,14,17-18H2,1-2H3/b23-13+. The molecule has 1 aromatic rings. The van der Waals surface area contributed by atoms with Gasteiger partial charge in [-0.25, -0.2) is 4.79 Å². The number of halogens is 1. The van der Waals surface area contributed by atoms with E-state index in [4.69, 9.17) is 21.6 Å². The van der Waals surface area contributed by atoms with Crippen molar-refractivity contribution in [3.63, 3.8) is 0 Å². The van der Waals surface area contributed by atoms with Gasteiger partial charge in [0.05, 0.1) is 17.2 Å². The van der Waals surface area contributed by atoms with Crippen LogP contribution in [0.15, 0.2) is 23.8 Å². The van der Waals surface area contributed by atoms with E-state index in [9.17, 15) is 4.79 Å². The predicted octanol–water partition coefficient (Wildman–Crippen LogP) is 7.07. The van der Waals surface area contributed by atoms with E-state index in [1.54, 1.807) is 6.07 Å². The van der Waals surface area contributed by atoms with Crippen LogP contribution in [0.5, 0.6) is 0 Å². The molecule has 3 rings (SSSR count). The number of carbonyl (C=O) groups is 1. The number of carbonyl (C=O) groups excluding carboxylic acids is 1. The first kappa shape index (κ1) is 23.7. The Bertz CT molecular complexity index is 821. The van der Waals surface area contributed by atoms with Crippen molar-refractivity contribution in [3.05, 3.63) is 39.9 Å². The number of hydrogen-bond acceptors (Lipinski definition) is 3. The van der Waals surface area contributed by atoms with Crippen molar-refractivity contribution in [1.82, 2.24) is 4.90 Å². The fraction of sp³-hybridized carbons (Fsp3) is 0.615. The lowest BCUT2D eigenvalue weighted by atomic mass is 9.82. The highest BCUT2D eigenvalue weighted by Gasteiger charge is 2.28. The SMILES string of the molecule is CC(C)COC(=O)N1CCC(C/C(=C/c2ccc(C#N)c(Cl)c2)CC2CCCCC2)C1. The molecule has 1 amide bonds. The second-order valence-electron chi connectivity index (χ2n) is 9.64. The van der Waals surface area contributed by atoms with Crippen LogP contribution in [0.2, 0.25) is 5.02 Å². The van der Waals surface area contributed by atoms with Gasteiger partial charge in [0.1, 0.15) is 6.07 Å². The lowest BCUT2D eigenvalue weighted by Gasteiger charge is -2.24. The monoisotopic (exact) mass is 442 g/mol. The Labute approximate surface area is 192 Å². The maximum atomic E-state index is 12.3. The summed E-state index contributed by atoms with van der Waals surface area (Å²) >= 11 is 6.27. The average Bonchev–Trinajstić information content (AvgIpc) is 3.21. The number of nitriles is 1. The van der Waals surface area contributed by atoms with Crippen molar-refractivity contribution < 1.29 is 9.53 Å². The van der Waals surface area contributed by atoms with Crippen molar-refractivity contribution >= 4 is 23.8 Å². The van der Waals surface area contributed by atoms with Crippen molar-refractivity contribution in [2.24, 2.45) is 17.8 Å². The van der Waals surface area contributed by atoms with Gasteiger partial charge in [0.25, 0.3) is 0 Å². The van der Waals surface area contributed by atoms with Crippen LogP contribution >= 0.6 is 11.6 Å². The number of amides is 1. The summed E-state index contributed by atoms with van der Waals surface area (Å²) < 4.78 is 5.42. The van der Waals surface area contributed by atoms with Gasteiger partial charge in [0.15, 0.2) is 0 Å². The second-order valence-corrected chi connectivity index (χ2v) is 10.0. The van der Waals surface area contributed by atoms with Crippen molar-refractivity contribution in [1.29, 1.82) is 5.26 Å². The van der Waals surface area contributed by atoms with E-state index in [0.29, 0.717) is 29.0 Å². The zero-order chi connectivity index (χ0) is 22.2. The van der Waals surface area contributed by atoms with Crippen LogP contribution in [0.25, 0.3) is 6.08 Å². The maximum absolute atomic E-state index is 12.3. The zero-order valence-corrected chi connectivity index (χ0v) is 19.7. The first-order valence-electron chi connectivity index (χ1n) is 11.8. The van der Waals surface area contributed by atoms with Gasteiger partial charge in [-0.15, -0.1) is 0 Å². The van der Waals surface area contributed by atoms with Crippen molar-refractivity contribution in [3.8, 4) is 6.07 Å². The number of hydrogen-bond donors (Lipinski definition) is 0. The number of likely N-dealkylation sites (tertiary alicyclic amines) is 1. The highest BCUT2D eigenvalue weighted by Crippen LogP contribution is 2.34. The van der Waals surface area contributed by atoms with Crippen LogP contribution in [0.4, 0.5) is 4.79 Å². The van der Waals surface area contributed by atoms with E-state index in [1.165, 1.54) is 37.7 Å². The number of allylic oxidation sites excluding steroid dienone is 1. The molecule has 168 valence electrons. The second kappa shape index (κ2) is 11.6. The Kier molecular flexibility index (Phi) is 8.84. The van der Waals surface area contributed by atoms with Crippen molar-refractivity contribution in [2.45, 2.75) is 65.2 Å². The number of ether oxygens (including phenoxy) is 1. The summed E-state index contributed by atoms with van der Waals surface area (Å²) in [5.41, 5.74) is 3.01. The van der Waals surface area contributed by atoms with Crippen LogP contribution in [0.1, 0.15) is 76.3 Å². The molecular formula is C26H35ClN2O2. The third-order valence-electron chi connectivity index (χ3n) is 6.40. The Balaban J connectivity index is 1.67. The molecule has 4 nitrogen and oxygen atoms in total. The Morgan fingerprint density at radius 3 is 2.65 bits per heavy atom. The number of rotatable bonds is 7. The molecule has 1 unspecified atom stereocenters. The lowest BCUT2D eigenvalue weighted by Crippen LogP contribution is -2.30. The molecule has 0 N–H and O–H groups in total. The summed E-state index contributed by atoms with van der Waals surface area (Å²) in [6.45, 7) is 6.13. The minimum atomic E-state index is -0.173. The lowest BCUT2D eigenvalue weighted by molar-refractivity contribution is 0.0983.